The maximum absolute atomic E-state index is 12.7. The topological polar surface area (TPSA) is 78.4 Å². The van der Waals surface area contributed by atoms with Gasteiger partial charge in [0.15, 0.2) is 5.76 Å². The van der Waals surface area contributed by atoms with Crippen LogP contribution >= 0.6 is 0 Å². The third kappa shape index (κ3) is 3.48. The quantitative estimate of drug-likeness (QED) is 0.383. The van der Waals surface area contributed by atoms with E-state index in [4.69, 9.17) is 0 Å². The standard InChI is InChI=1S/C32H46N2O3/c1-8-32-17-15-30(6)22-18-23(35)26(36)20(3)21(22)10-11-24(30)31(32,7)16-13-28(4)12-14-29(5,19-25(28)32)34-27(37)33-9-2/h10-11,18,25,36H,8-9,12-17,19H2,1-7H3,(H2,33,34,37)/t25-,28-,29-,30+,31-,32+/m1/s1. The summed E-state index contributed by atoms with van der Waals surface area (Å²) in [6.45, 7) is 16.4. The Hall–Kier alpha value is -2.30. The van der Waals surface area contributed by atoms with Crippen LogP contribution < -0.4 is 10.6 Å². The summed E-state index contributed by atoms with van der Waals surface area (Å²) in [5, 5.41) is 16.7. The monoisotopic (exact) mass is 506 g/mol. The first-order chi connectivity index (χ1) is 17.3. The van der Waals surface area contributed by atoms with Crippen molar-refractivity contribution in [1.29, 1.82) is 0 Å². The Labute approximate surface area is 222 Å². The number of nitrogens with one attached hydrogen (secondary N) is 2. The molecule has 37 heavy (non-hydrogen) atoms. The van der Waals surface area contributed by atoms with Gasteiger partial charge in [-0.3, -0.25) is 4.79 Å². The van der Waals surface area contributed by atoms with Crippen molar-refractivity contribution >= 4 is 11.8 Å². The van der Waals surface area contributed by atoms with Gasteiger partial charge in [0.25, 0.3) is 0 Å². The molecule has 5 aliphatic rings. The summed E-state index contributed by atoms with van der Waals surface area (Å²) in [4.78, 5) is 25.3. The number of aliphatic hydroxyl groups excluding tert-OH is 1. The molecule has 3 fully saturated rings. The van der Waals surface area contributed by atoms with Gasteiger partial charge in [0.1, 0.15) is 0 Å². The van der Waals surface area contributed by atoms with Crippen molar-refractivity contribution in [3.05, 3.63) is 46.3 Å². The van der Waals surface area contributed by atoms with Gasteiger partial charge in [0.2, 0.25) is 5.78 Å². The highest BCUT2D eigenvalue weighted by molar-refractivity contribution is 6.06. The minimum absolute atomic E-state index is 0.00584. The average molecular weight is 507 g/mol. The van der Waals surface area contributed by atoms with E-state index in [2.05, 4.69) is 57.4 Å². The normalized spacial score (nSPS) is 42.8. The number of hydrogen-bond donors (Lipinski definition) is 3. The minimum Gasteiger partial charge on any atom is -0.504 e. The van der Waals surface area contributed by atoms with E-state index < -0.39 is 0 Å². The Morgan fingerprint density at radius 3 is 2.41 bits per heavy atom. The van der Waals surface area contributed by atoms with Gasteiger partial charge in [-0.2, -0.15) is 0 Å². The first-order valence-electron chi connectivity index (χ1n) is 14.5. The Morgan fingerprint density at radius 1 is 1.03 bits per heavy atom. The Bertz CT molecular complexity index is 1180. The van der Waals surface area contributed by atoms with Gasteiger partial charge in [-0.15, -0.1) is 0 Å². The second-order valence-corrected chi connectivity index (χ2v) is 13.7. The molecule has 0 aromatic heterocycles. The zero-order chi connectivity index (χ0) is 27.0. The molecule has 0 radical (unpaired) electrons. The summed E-state index contributed by atoms with van der Waals surface area (Å²) in [7, 11) is 0. The fourth-order valence-electron chi connectivity index (χ4n) is 9.62. The molecule has 0 bridgehead atoms. The van der Waals surface area contributed by atoms with E-state index in [0.29, 0.717) is 18.0 Å². The van der Waals surface area contributed by atoms with Crippen LogP contribution in [0.3, 0.4) is 0 Å². The number of allylic oxidation sites excluding steroid dienone is 7. The highest BCUT2D eigenvalue weighted by atomic mass is 16.3. The van der Waals surface area contributed by atoms with Crippen molar-refractivity contribution in [3.63, 3.8) is 0 Å². The third-order valence-electron chi connectivity index (χ3n) is 11.9. The molecule has 0 aromatic carbocycles. The molecule has 0 saturated heterocycles. The van der Waals surface area contributed by atoms with Crippen LogP contribution in [0.15, 0.2) is 46.3 Å². The molecule has 5 heteroatoms. The van der Waals surface area contributed by atoms with Crippen LogP contribution in [0.4, 0.5) is 4.79 Å². The van der Waals surface area contributed by atoms with E-state index in [0.717, 1.165) is 56.1 Å². The lowest BCUT2D eigenvalue weighted by Gasteiger charge is -2.71. The first-order valence-corrected chi connectivity index (χ1v) is 14.5. The van der Waals surface area contributed by atoms with E-state index in [1.165, 1.54) is 12.0 Å². The highest BCUT2D eigenvalue weighted by Gasteiger charge is 2.67. The van der Waals surface area contributed by atoms with Crippen LogP contribution in [0.5, 0.6) is 0 Å². The van der Waals surface area contributed by atoms with Crippen LogP contribution in [0.2, 0.25) is 0 Å². The smallest absolute Gasteiger partial charge is 0.315 e. The van der Waals surface area contributed by atoms with Crippen molar-refractivity contribution in [2.45, 2.75) is 105 Å². The Balaban J connectivity index is 1.59. The van der Waals surface area contributed by atoms with E-state index in [9.17, 15) is 14.7 Å². The number of fused-ring (bicyclic) bond motifs is 7. The molecule has 0 spiro atoms. The summed E-state index contributed by atoms with van der Waals surface area (Å²) in [5.74, 6) is 0.128. The zero-order valence-electron chi connectivity index (χ0n) is 23.9. The minimum atomic E-state index is -0.264. The second-order valence-electron chi connectivity index (χ2n) is 13.7. The number of aliphatic hydroxyl groups is 1. The van der Waals surface area contributed by atoms with Crippen molar-refractivity contribution in [3.8, 4) is 0 Å². The molecule has 5 aliphatic carbocycles. The zero-order valence-corrected chi connectivity index (χ0v) is 23.9. The molecule has 0 heterocycles. The fourth-order valence-corrected chi connectivity index (χ4v) is 9.62. The second kappa shape index (κ2) is 8.35. The molecular weight excluding hydrogens is 460 g/mol. The predicted octanol–water partition coefficient (Wildman–Crippen LogP) is 7.07. The number of urea groups is 1. The molecule has 3 saturated carbocycles. The molecule has 6 atom stereocenters. The fraction of sp³-hybridized carbons (Fsp3) is 0.688. The van der Waals surface area contributed by atoms with E-state index >= 15 is 0 Å². The van der Waals surface area contributed by atoms with Crippen LogP contribution in [0.1, 0.15) is 99.8 Å². The van der Waals surface area contributed by atoms with E-state index in [1.807, 2.05) is 13.8 Å². The van der Waals surface area contributed by atoms with Crippen LogP contribution in [0.25, 0.3) is 0 Å². The highest BCUT2D eigenvalue weighted by Crippen LogP contribution is 2.76. The third-order valence-corrected chi connectivity index (χ3v) is 11.9. The molecule has 5 nitrogen and oxygen atoms in total. The van der Waals surface area contributed by atoms with E-state index in [1.54, 1.807) is 6.08 Å². The van der Waals surface area contributed by atoms with Gasteiger partial charge in [-0.05, 0) is 112 Å². The molecule has 0 aromatic rings. The first kappa shape index (κ1) is 26.3. The number of carbonyl (C=O) groups excluding carboxylic acids is 2. The van der Waals surface area contributed by atoms with Crippen molar-refractivity contribution in [2.75, 3.05) is 6.54 Å². The molecule has 202 valence electrons. The summed E-state index contributed by atoms with van der Waals surface area (Å²) < 4.78 is 0. The van der Waals surface area contributed by atoms with Gasteiger partial charge >= 0.3 is 6.03 Å². The number of rotatable bonds is 3. The van der Waals surface area contributed by atoms with Crippen LogP contribution in [-0.2, 0) is 4.79 Å². The van der Waals surface area contributed by atoms with Gasteiger partial charge in [-0.25, -0.2) is 4.79 Å². The summed E-state index contributed by atoms with van der Waals surface area (Å²) in [6.07, 6.45) is 15.0. The van der Waals surface area contributed by atoms with Crippen molar-refractivity contribution < 1.29 is 14.7 Å². The molecule has 5 rings (SSSR count). The average Bonchev–Trinajstić information content (AvgIpc) is 2.84. The molecule has 3 N–H and O–H groups in total. The lowest BCUT2D eigenvalue weighted by molar-refractivity contribution is -0.164. The van der Waals surface area contributed by atoms with Crippen molar-refractivity contribution in [2.24, 2.45) is 27.6 Å². The maximum Gasteiger partial charge on any atom is 0.315 e. The summed E-state index contributed by atoms with van der Waals surface area (Å²) in [6, 6.07) is -0.0535. The molecule has 0 unspecified atom stereocenters. The Kier molecular flexibility index (Phi) is 5.94. The van der Waals surface area contributed by atoms with Gasteiger partial charge < -0.3 is 15.7 Å². The van der Waals surface area contributed by atoms with Gasteiger partial charge in [0.05, 0.1) is 0 Å². The molecular formula is C32H46N2O3. The van der Waals surface area contributed by atoms with Crippen LogP contribution in [0, 0.1) is 27.6 Å². The SMILES string of the molecule is CCNC(=O)N[C@]1(C)CC[C@]2(C)CC[C@]3(C)C4=CC=C5C(=CC(=O)C(O)=C5C)[C@]4(C)CC[C@@]3(CC)[C@@H]2C1. The molecule has 0 aliphatic heterocycles. The van der Waals surface area contributed by atoms with E-state index in [-0.39, 0.29) is 44.8 Å². The number of hydrogen-bond acceptors (Lipinski definition) is 3. The molecule has 2 amide bonds. The van der Waals surface area contributed by atoms with Crippen LogP contribution in [-0.4, -0.2) is 29.0 Å². The summed E-state index contributed by atoms with van der Waals surface area (Å²) >= 11 is 0. The number of amides is 2. The number of carbonyl (C=O) groups is 2. The predicted molar refractivity (Wildman–Crippen MR) is 148 cm³/mol. The largest absolute Gasteiger partial charge is 0.504 e. The Morgan fingerprint density at radius 2 is 1.73 bits per heavy atom. The van der Waals surface area contributed by atoms with Crippen molar-refractivity contribution in [1.82, 2.24) is 10.6 Å². The maximum atomic E-state index is 12.7. The van der Waals surface area contributed by atoms with Gasteiger partial charge in [-0.1, -0.05) is 45.4 Å². The lowest BCUT2D eigenvalue weighted by Crippen LogP contribution is -2.65. The lowest BCUT2D eigenvalue weighted by atomic mass is 9.34. The number of ketones is 1. The van der Waals surface area contributed by atoms with Gasteiger partial charge in [0, 0.05) is 23.1 Å². The summed E-state index contributed by atoms with van der Waals surface area (Å²) in [5.41, 5.74) is 4.27.